The third-order valence-corrected chi connectivity index (χ3v) is 10.0. The summed E-state index contributed by atoms with van der Waals surface area (Å²) in [6.07, 6.45) is 5.03. The Morgan fingerprint density at radius 2 is 1.96 bits per heavy atom. The van der Waals surface area contributed by atoms with E-state index in [0.29, 0.717) is 12.0 Å². The zero-order valence-electron chi connectivity index (χ0n) is 18.0. The number of carbonyl (C=O) groups excluding carboxylic acids is 1. The first-order chi connectivity index (χ1) is 13.0. The molecule has 1 aliphatic heterocycles. The van der Waals surface area contributed by atoms with Crippen LogP contribution >= 0.6 is 0 Å². The van der Waals surface area contributed by atoms with Crippen molar-refractivity contribution in [1.82, 2.24) is 4.98 Å². The highest BCUT2D eigenvalue weighted by Crippen LogP contribution is 2.39. The quantitative estimate of drug-likeness (QED) is 0.397. The molecule has 0 radical (unpaired) electrons. The van der Waals surface area contributed by atoms with E-state index in [0.717, 1.165) is 5.57 Å². The van der Waals surface area contributed by atoms with Gasteiger partial charge in [0.05, 0.1) is 17.8 Å². The third kappa shape index (κ3) is 5.73. The molecule has 2 heterocycles. The normalized spacial score (nSPS) is 25.0. The van der Waals surface area contributed by atoms with Gasteiger partial charge in [-0.1, -0.05) is 20.8 Å². The molecular weight excluding hydrogens is 374 g/mol. The van der Waals surface area contributed by atoms with Gasteiger partial charge in [0.25, 0.3) is 0 Å². The number of rotatable bonds is 6. The average Bonchev–Trinajstić information content (AvgIpc) is 2.62. The lowest BCUT2D eigenvalue weighted by molar-refractivity contribution is -0.155. The van der Waals surface area contributed by atoms with Crippen LogP contribution in [0.5, 0.6) is 0 Å². The van der Waals surface area contributed by atoms with Gasteiger partial charge in [-0.3, -0.25) is 4.98 Å². The smallest absolute Gasteiger partial charge is 0.338 e. The zero-order valence-corrected chi connectivity index (χ0v) is 19.0. The number of hydrogen-bond donors (Lipinski definition) is 0. The van der Waals surface area contributed by atoms with Crippen LogP contribution in [0.15, 0.2) is 36.2 Å². The Bertz CT molecular complexity index is 684. The molecule has 1 fully saturated rings. The number of hydrogen-bond acceptors (Lipinski definition) is 6. The van der Waals surface area contributed by atoms with Gasteiger partial charge in [0.15, 0.2) is 14.6 Å². The Balaban J connectivity index is 1.99. The highest BCUT2D eigenvalue weighted by Gasteiger charge is 2.42. The van der Waals surface area contributed by atoms with Gasteiger partial charge in [-0.15, -0.1) is 0 Å². The number of carbonyl (C=O) groups is 1. The van der Waals surface area contributed by atoms with Gasteiger partial charge >= 0.3 is 5.97 Å². The van der Waals surface area contributed by atoms with E-state index in [1.165, 1.54) is 0 Å². The first-order valence-corrected chi connectivity index (χ1v) is 12.6. The molecule has 0 aromatic carbocycles. The summed E-state index contributed by atoms with van der Waals surface area (Å²) in [5.41, 5.74) is 1.45. The van der Waals surface area contributed by atoms with Crippen molar-refractivity contribution in [2.24, 2.45) is 0 Å². The predicted octanol–water partition coefficient (Wildman–Crippen LogP) is 4.34. The monoisotopic (exact) mass is 407 g/mol. The molecule has 0 N–H and O–H groups in total. The zero-order chi connectivity index (χ0) is 20.9. The number of aromatic nitrogens is 1. The number of nitrogens with zero attached hydrogens (tertiary/aromatic N) is 1. The Hall–Kier alpha value is -1.54. The van der Waals surface area contributed by atoms with Crippen LogP contribution in [0.25, 0.3) is 0 Å². The van der Waals surface area contributed by atoms with Crippen LogP contribution in [-0.4, -0.2) is 51.5 Å². The molecule has 6 nitrogen and oxygen atoms in total. The summed E-state index contributed by atoms with van der Waals surface area (Å²) >= 11 is 0. The van der Waals surface area contributed by atoms with Gasteiger partial charge in [-0.05, 0) is 48.8 Å². The fourth-order valence-electron chi connectivity index (χ4n) is 2.83. The van der Waals surface area contributed by atoms with Crippen LogP contribution in [0.2, 0.25) is 18.1 Å². The third-order valence-electron chi connectivity index (χ3n) is 5.57. The second kappa shape index (κ2) is 9.30. The van der Waals surface area contributed by atoms with E-state index in [1.807, 2.05) is 13.0 Å². The summed E-state index contributed by atoms with van der Waals surface area (Å²) in [5, 5.41) is 0.111. The summed E-state index contributed by atoms with van der Waals surface area (Å²) in [4.78, 5) is 16.0. The second-order valence-corrected chi connectivity index (χ2v) is 13.3. The van der Waals surface area contributed by atoms with Crippen molar-refractivity contribution in [3.8, 4) is 0 Å². The van der Waals surface area contributed by atoms with Crippen LogP contribution in [0.4, 0.5) is 0 Å². The van der Waals surface area contributed by atoms with Crippen molar-refractivity contribution < 1.29 is 23.4 Å². The molecule has 0 spiro atoms. The molecule has 1 saturated heterocycles. The van der Waals surface area contributed by atoms with Gasteiger partial charge in [-0.25, -0.2) is 4.79 Å². The molecule has 28 heavy (non-hydrogen) atoms. The van der Waals surface area contributed by atoms with Gasteiger partial charge in [0, 0.05) is 25.9 Å². The molecule has 0 unspecified atom stereocenters. The lowest BCUT2D eigenvalue weighted by atomic mass is 9.98. The summed E-state index contributed by atoms with van der Waals surface area (Å²) in [5.74, 6) is -0.378. The standard InChI is InChI=1S/C21H33NO5Si/c1-15-17(10-13-25-20(23)16-8-11-22-12-9-16)18(24-5)14-19(26-15)27-28(6,7)21(2,3)4/h8-12,15,18-19H,13-14H2,1-7H3/b17-10+/t15-,18-,19-/m0/s1. The van der Waals surface area contributed by atoms with Gasteiger partial charge in [0.1, 0.15) is 6.61 Å². The van der Waals surface area contributed by atoms with Crippen molar-refractivity contribution in [3.05, 3.63) is 41.7 Å². The molecule has 0 amide bonds. The number of pyridine rings is 1. The molecule has 2 rings (SSSR count). The number of esters is 1. The van der Waals surface area contributed by atoms with E-state index < -0.39 is 8.32 Å². The Kier molecular flexibility index (Phi) is 7.56. The summed E-state index contributed by atoms with van der Waals surface area (Å²) < 4.78 is 23.6. The second-order valence-electron chi connectivity index (χ2n) is 8.58. The van der Waals surface area contributed by atoms with E-state index in [9.17, 15) is 4.79 Å². The fourth-order valence-corrected chi connectivity index (χ4v) is 3.99. The summed E-state index contributed by atoms with van der Waals surface area (Å²) in [6, 6.07) is 3.26. The lowest BCUT2D eigenvalue weighted by Gasteiger charge is -2.43. The van der Waals surface area contributed by atoms with Crippen LogP contribution in [0.1, 0.15) is 44.5 Å². The van der Waals surface area contributed by atoms with Crippen molar-refractivity contribution in [3.63, 3.8) is 0 Å². The highest BCUT2D eigenvalue weighted by atomic mass is 28.4. The molecule has 0 aliphatic carbocycles. The molecule has 156 valence electrons. The molecule has 1 aromatic rings. The van der Waals surface area contributed by atoms with Crippen LogP contribution < -0.4 is 0 Å². The Morgan fingerprint density at radius 1 is 1.32 bits per heavy atom. The lowest BCUT2D eigenvalue weighted by Crippen LogP contribution is -2.48. The van der Waals surface area contributed by atoms with Crippen LogP contribution in [0, 0.1) is 0 Å². The fraction of sp³-hybridized carbons (Fsp3) is 0.619. The molecule has 1 aliphatic rings. The first-order valence-electron chi connectivity index (χ1n) is 9.68. The van der Waals surface area contributed by atoms with E-state index in [2.05, 4.69) is 38.8 Å². The molecule has 7 heteroatoms. The van der Waals surface area contributed by atoms with Crippen molar-refractivity contribution in [2.45, 2.75) is 70.7 Å². The number of methoxy groups -OCH3 is 1. The molecular formula is C21H33NO5Si. The molecule has 0 bridgehead atoms. The van der Waals surface area contributed by atoms with Crippen LogP contribution in [-0.2, 0) is 18.6 Å². The van der Waals surface area contributed by atoms with E-state index in [1.54, 1.807) is 31.6 Å². The average molecular weight is 408 g/mol. The van der Waals surface area contributed by atoms with Crippen LogP contribution in [0.3, 0.4) is 0 Å². The SMILES string of the molecule is CO[C@H]1C[C@H](O[Si](C)(C)C(C)(C)C)O[C@@H](C)/C1=C\COC(=O)c1ccncc1. The van der Waals surface area contributed by atoms with Crippen molar-refractivity contribution in [1.29, 1.82) is 0 Å². The Morgan fingerprint density at radius 3 is 2.54 bits per heavy atom. The maximum Gasteiger partial charge on any atom is 0.338 e. The molecule has 3 atom stereocenters. The minimum atomic E-state index is -1.94. The minimum Gasteiger partial charge on any atom is -0.458 e. The minimum absolute atomic E-state index is 0.111. The maximum atomic E-state index is 12.1. The number of ether oxygens (including phenoxy) is 3. The molecule has 0 saturated carbocycles. The topological polar surface area (TPSA) is 66.9 Å². The van der Waals surface area contributed by atoms with Crippen molar-refractivity contribution >= 4 is 14.3 Å². The van der Waals surface area contributed by atoms with E-state index in [4.69, 9.17) is 18.6 Å². The van der Waals surface area contributed by atoms with E-state index in [-0.39, 0.29) is 36.1 Å². The largest absolute Gasteiger partial charge is 0.458 e. The summed E-state index contributed by atoms with van der Waals surface area (Å²) in [7, 11) is -0.255. The highest BCUT2D eigenvalue weighted by molar-refractivity contribution is 6.74. The van der Waals surface area contributed by atoms with E-state index >= 15 is 0 Å². The first kappa shape index (κ1) is 22.7. The Labute approximate surface area is 169 Å². The van der Waals surface area contributed by atoms with Gasteiger partial charge in [-0.2, -0.15) is 0 Å². The van der Waals surface area contributed by atoms with Gasteiger partial charge < -0.3 is 18.6 Å². The maximum absolute atomic E-state index is 12.1. The van der Waals surface area contributed by atoms with Crippen molar-refractivity contribution in [2.75, 3.05) is 13.7 Å². The summed E-state index contributed by atoms with van der Waals surface area (Å²) in [6.45, 7) is 13.2. The molecule has 1 aromatic heterocycles. The van der Waals surface area contributed by atoms with Gasteiger partial charge in [0.2, 0.25) is 0 Å². The predicted molar refractivity (Wildman–Crippen MR) is 111 cm³/mol.